The number of hydrogen-bond acceptors (Lipinski definition) is 6. The number of methoxy groups -OCH3 is 1. The average Bonchev–Trinajstić information content (AvgIpc) is 3.30. The van der Waals surface area contributed by atoms with E-state index in [9.17, 15) is 0 Å². The molecule has 0 fully saturated rings. The van der Waals surface area contributed by atoms with Crippen LogP contribution in [0.5, 0.6) is 6.01 Å². The molecule has 34 heavy (non-hydrogen) atoms. The van der Waals surface area contributed by atoms with Gasteiger partial charge in [-0.3, -0.25) is 0 Å². The molecule has 2 heterocycles. The summed E-state index contributed by atoms with van der Waals surface area (Å²) in [5, 5.41) is 6.72. The lowest BCUT2D eigenvalue weighted by Gasteiger charge is -2.37. The van der Waals surface area contributed by atoms with Crippen LogP contribution in [-0.4, -0.2) is 22.1 Å². The van der Waals surface area contributed by atoms with Crippen molar-refractivity contribution in [3.05, 3.63) is 89.2 Å². The first-order chi connectivity index (χ1) is 16.3. The van der Waals surface area contributed by atoms with Gasteiger partial charge in [0.25, 0.3) is 0 Å². The predicted octanol–water partition coefficient (Wildman–Crippen LogP) is 7.12. The number of allylic oxidation sites excluding steroid dienone is 1. The van der Waals surface area contributed by atoms with Crippen LogP contribution in [0.15, 0.2) is 78.6 Å². The molecule has 5 nitrogen and oxygen atoms in total. The Labute approximate surface area is 205 Å². The molecular weight excluding hydrogens is 440 g/mol. The number of hydrogen-bond donors (Lipinski definition) is 1. The number of aromatic nitrogens is 3. The van der Waals surface area contributed by atoms with Gasteiger partial charge >= 0.3 is 6.01 Å². The number of nitrogens with one attached hydrogen (secondary N) is 1. The van der Waals surface area contributed by atoms with Crippen molar-refractivity contribution < 1.29 is 4.74 Å². The van der Waals surface area contributed by atoms with E-state index in [0.29, 0.717) is 11.9 Å². The van der Waals surface area contributed by atoms with Gasteiger partial charge in [-0.15, -0.1) is 11.3 Å². The highest BCUT2D eigenvalue weighted by Crippen LogP contribution is 2.39. The Morgan fingerprint density at radius 3 is 2.12 bits per heavy atom. The molecule has 1 atom stereocenters. The van der Waals surface area contributed by atoms with Gasteiger partial charge in [0.2, 0.25) is 0 Å². The SMILES string of the molecule is C=C(Nc1ccc(-c2csc(C)n2)cc1)C(C)(c1ccc(-c2cnc(OC)nc2)cc1)C(C)C. The summed E-state index contributed by atoms with van der Waals surface area (Å²) in [5.41, 5.74) is 7.05. The van der Waals surface area contributed by atoms with Gasteiger partial charge in [-0.1, -0.05) is 56.8 Å². The molecule has 0 radical (unpaired) electrons. The number of rotatable bonds is 8. The third-order valence-electron chi connectivity index (χ3n) is 6.51. The van der Waals surface area contributed by atoms with Crippen LogP contribution >= 0.6 is 11.3 Å². The van der Waals surface area contributed by atoms with Gasteiger partial charge in [-0.05, 0) is 43.0 Å². The summed E-state index contributed by atoms with van der Waals surface area (Å²) in [6.45, 7) is 13.2. The largest absolute Gasteiger partial charge is 0.467 e. The number of aryl methyl sites for hydroxylation is 1. The van der Waals surface area contributed by atoms with E-state index in [0.717, 1.165) is 38.8 Å². The molecule has 6 heteroatoms. The summed E-state index contributed by atoms with van der Waals surface area (Å²) < 4.78 is 5.06. The van der Waals surface area contributed by atoms with Crippen molar-refractivity contribution in [2.45, 2.75) is 33.1 Å². The maximum atomic E-state index is 5.06. The van der Waals surface area contributed by atoms with Gasteiger partial charge in [0, 0.05) is 45.7 Å². The van der Waals surface area contributed by atoms with E-state index in [1.165, 1.54) is 5.56 Å². The molecule has 0 saturated heterocycles. The van der Waals surface area contributed by atoms with E-state index in [-0.39, 0.29) is 5.41 Å². The van der Waals surface area contributed by atoms with E-state index >= 15 is 0 Å². The fourth-order valence-electron chi connectivity index (χ4n) is 3.96. The minimum atomic E-state index is -0.264. The number of benzene rings is 2. The lowest BCUT2D eigenvalue weighted by Crippen LogP contribution is -2.34. The van der Waals surface area contributed by atoms with Gasteiger partial charge in [-0.2, -0.15) is 0 Å². The molecule has 0 aliphatic rings. The molecule has 0 saturated carbocycles. The highest BCUT2D eigenvalue weighted by atomic mass is 32.1. The molecule has 0 aliphatic carbocycles. The Hall–Kier alpha value is -3.51. The smallest absolute Gasteiger partial charge is 0.316 e. The van der Waals surface area contributed by atoms with Crippen molar-refractivity contribution >= 4 is 17.0 Å². The maximum Gasteiger partial charge on any atom is 0.316 e. The van der Waals surface area contributed by atoms with Crippen LogP contribution < -0.4 is 10.1 Å². The standard InChI is InChI=1S/C28H30N4OS/c1-18(2)28(5,24-11-7-21(8-12-24)23-15-29-27(33-6)30-16-23)19(3)31-25-13-9-22(10-14-25)26-17-34-20(4)32-26/h7-18,31H,3H2,1-2,4-6H3. The number of thiazole rings is 1. The number of anilines is 1. The molecule has 4 rings (SSSR count). The maximum absolute atomic E-state index is 5.06. The van der Waals surface area contributed by atoms with E-state index in [1.807, 2.05) is 6.92 Å². The molecule has 0 bridgehead atoms. The predicted molar refractivity (Wildman–Crippen MR) is 141 cm³/mol. The van der Waals surface area contributed by atoms with E-state index in [2.05, 4.69) is 102 Å². The summed E-state index contributed by atoms with van der Waals surface area (Å²) in [7, 11) is 1.56. The molecule has 4 aromatic rings. The Morgan fingerprint density at radius 1 is 0.971 bits per heavy atom. The topological polar surface area (TPSA) is 59.9 Å². The summed E-state index contributed by atoms with van der Waals surface area (Å²) in [6, 6.07) is 17.3. The summed E-state index contributed by atoms with van der Waals surface area (Å²) in [6.07, 6.45) is 3.55. The minimum absolute atomic E-state index is 0.264. The van der Waals surface area contributed by atoms with Crippen LogP contribution in [0.25, 0.3) is 22.4 Å². The Kier molecular flexibility index (Phi) is 6.80. The van der Waals surface area contributed by atoms with Crippen molar-refractivity contribution in [1.29, 1.82) is 0 Å². The Morgan fingerprint density at radius 2 is 1.59 bits per heavy atom. The fourth-order valence-corrected chi connectivity index (χ4v) is 4.58. The van der Waals surface area contributed by atoms with Crippen LogP contribution in [0.2, 0.25) is 0 Å². The normalized spacial score (nSPS) is 12.9. The molecule has 2 aromatic carbocycles. The first kappa shape index (κ1) is 23.6. The first-order valence-corrected chi connectivity index (χ1v) is 12.1. The molecule has 1 N–H and O–H groups in total. The first-order valence-electron chi connectivity index (χ1n) is 11.3. The quantitative estimate of drug-likeness (QED) is 0.297. The zero-order valence-electron chi connectivity index (χ0n) is 20.3. The molecule has 0 spiro atoms. The second kappa shape index (κ2) is 9.77. The highest BCUT2D eigenvalue weighted by Gasteiger charge is 2.34. The Bertz CT molecular complexity index is 1260. The Balaban J connectivity index is 1.54. The van der Waals surface area contributed by atoms with Crippen molar-refractivity contribution in [1.82, 2.24) is 15.0 Å². The van der Waals surface area contributed by atoms with Gasteiger partial charge in [0.05, 0.1) is 17.8 Å². The van der Waals surface area contributed by atoms with E-state index in [1.54, 1.807) is 30.8 Å². The van der Waals surface area contributed by atoms with Gasteiger partial charge in [0.1, 0.15) is 0 Å². The van der Waals surface area contributed by atoms with Gasteiger partial charge < -0.3 is 10.1 Å². The third kappa shape index (κ3) is 4.73. The van der Waals surface area contributed by atoms with Crippen LogP contribution in [0, 0.1) is 12.8 Å². The van der Waals surface area contributed by atoms with Crippen molar-refractivity contribution in [3.8, 4) is 28.4 Å². The second-order valence-electron chi connectivity index (χ2n) is 8.83. The van der Waals surface area contributed by atoms with Crippen molar-refractivity contribution in [2.24, 2.45) is 5.92 Å². The molecular formula is C28H30N4OS. The summed E-state index contributed by atoms with van der Waals surface area (Å²) in [5.74, 6) is 0.333. The molecule has 0 amide bonds. The zero-order chi connectivity index (χ0) is 24.3. The molecule has 174 valence electrons. The monoisotopic (exact) mass is 470 g/mol. The lowest BCUT2D eigenvalue weighted by molar-refractivity contribution is 0.380. The average molecular weight is 471 g/mol. The van der Waals surface area contributed by atoms with E-state index < -0.39 is 0 Å². The zero-order valence-corrected chi connectivity index (χ0v) is 21.1. The van der Waals surface area contributed by atoms with E-state index in [4.69, 9.17) is 4.74 Å². The van der Waals surface area contributed by atoms with Crippen LogP contribution in [-0.2, 0) is 5.41 Å². The van der Waals surface area contributed by atoms with Crippen LogP contribution in [0.4, 0.5) is 5.69 Å². The minimum Gasteiger partial charge on any atom is -0.467 e. The lowest BCUT2D eigenvalue weighted by atomic mass is 9.71. The van der Waals surface area contributed by atoms with Crippen LogP contribution in [0.1, 0.15) is 31.3 Å². The van der Waals surface area contributed by atoms with Crippen molar-refractivity contribution in [2.75, 3.05) is 12.4 Å². The molecule has 1 unspecified atom stereocenters. The van der Waals surface area contributed by atoms with Gasteiger partial charge in [-0.25, -0.2) is 15.0 Å². The summed E-state index contributed by atoms with van der Waals surface area (Å²) >= 11 is 1.67. The fraction of sp³-hybridized carbons (Fsp3) is 0.250. The molecule has 0 aliphatic heterocycles. The highest BCUT2D eigenvalue weighted by molar-refractivity contribution is 7.09. The van der Waals surface area contributed by atoms with Crippen LogP contribution in [0.3, 0.4) is 0 Å². The number of nitrogens with zero attached hydrogens (tertiary/aromatic N) is 3. The molecule has 2 aromatic heterocycles. The van der Waals surface area contributed by atoms with Gasteiger partial charge in [0.15, 0.2) is 0 Å². The third-order valence-corrected chi connectivity index (χ3v) is 7.28. The van der Waals surface area contributed by atoms with Crippen molar-refractivity contribution in [3.63, 3.8) is 0 Å². The number of ether oxygens (including phenoxy) is 1. The summed E-state index contributed by atoms with van der Waals surface area (Å²) in [4.78, 5) is 13.0. The second-order valence-corrected chi connectivity index (χ2v) is 9.89.